The van der Waals surface area contributed by atoms with Crippen molar-refractivity contribution in [3.63, 3.8) is 0 Å². The molecule has 11 heteroatoms. The zero-order valence-electron chi connectivity index (χ0n) is 23.9. The second kappa shape index (κ2) is 11.2. The van der Waals surface area contributed by atoms with Gasteiger partial charge in [-0.15, -0.1) is 5.10 Å². The van der Waals surface area contributed by atoms with Crippen molar-refractivity contribution in [2.45, 2.75) is 57.4 Å². The summed E-state index contributed by atoms with van der Waals surface area (Å²) in [6, 6.07) is 8.25. The van der Waals surface area contributed by atoms with Crippen molar-refractivity contribution < 1.29 is 14.3 Å². The van der Waals surface area contributed by atoms with E-state index in [1.807, 2.05) is 28.8 Å². The molecule has 2 saturated carbocycles. The molecule has 4 heterocycles. The fraction of sp³-hybridized carbons (Fsp3) is 0.419. The number of pyridine rings is 1. The quantitative estimate of drug-likeness (QED) is 0.266. The topological polar surface area (TPSA) is 137 Å². The predicted molar refractivity (Wildman–Crippen MR) is 159 cm³/mol. The standard InChI is InChI=1S/C27H29FN6O2.C4H7NO/c1-32-15-19(25(28)31-32)23-21(17-11-9-16(10-12-17)6-5-13-35)22-24-20(14-29-26(22)30-23)33(2)27(36)34(24)18-7-3-4-8-18;5-4(6)3-1-2-3/h9-12,14-15,18,35H,3-8,13H2,1-2H3,(H,29,30);3H,1-2H2,(H2,5,6). The molecule has 1 amide bonds. The summed E-state index contributed by atoms with van der Waals surface area (Å²) >= 11 is 0. The van der Waals surface area contributed by atoms with Crippen LogP contribution in [0, 0.1) is 11.9 Å². The highest BCUT2D eigenvalue weighted by Gasteiger charge is 2.29. The highest BCUT2D eigenvalue weighted by Crippen LogP contribution is 2.43. The molecule has 0 aliphatic heterocycles. The lowest BCUT2D eigenvalue weighted by Crippen LogP contribution is -2.24. The Kier molecular flexibility index (Phi) is 7.44. The van der Waals surface area contributed by atoms with E-state index in [1.54, 1.807) is 31.1 Å². The molecular formula is C31H36FN7O3. The van der Waals surface area contributed by atoms with Gasteiger partial charge in [0.05, 0.1) is 33.9 Å². The molecule has 42 heavy (non-hydrogen) atoms. The van der Waals surface area contributed by atoms with Crippen LogP contribution in [0.5, 0.6) is 0 Å². The first-order chi connectivity index (χ1) is 20.3. The molecular weight excluding hydrogens is 537 g/mol. The number of nitrogens with zero attached hydrogens (tertiary/aromatic N) is 5. The van der Waals surface area contributed by atoms with E-state index in [4.69, 9.17) is 5.73 Å². The normalized spacial score (nSPS) is 15.4. The fourth-order valence-corrected chi connectivity index (χ4v) is 6.09. The number of H-pyrrole nitrogens is 1. The number of hydrogen-bond donors (Lipinski definition) is 3. The van der Waals surface area contributed by atoms with Crippen molar-refractivity contribution >= 4 is 28.0 Å². The second-order valence-corrected chi connectivity index (χ2v) is 11.4. The molecule has 0 bridgehead atoms. The minimum atomic E-state index is -0.567. The molecule has 4 N–H and O–H groups in total. The first-order valence-corrected chi connectivity index (χ1v) is 14.6. The summed E-state index contributed by atoms with van der Waals surface area (Å²) in [6.07, 6.45) is 11.0. The van der Waals surface area contributed by atoms with Crippen LogP contribution in [-0.4, -0.2) is 46.5 Å². The second-order valence-electron chi connectivity index (χ2n) is 11.4. The summed E-state index contributed by atoms with van der Waals surface area (Å²) < 4.78 is 20.0. The molecule has 0 radical (unpaired) electrons. The van der Waals surface area contributed by atoms with Crippen LogP contribution in [-0.2, 0) is 25.3 Å². The molecule has 2 aliphatic rings. The summed E-state index contributed by atoms with van der Waals surface area (Å²) in [5.74, 6) is -0.456. The molecule has 2 aliphatic carbocycles. The van der Waals surface area contributed by atoms with Crippen molar-refractivity contribution in [1.29, 1.82) is 0 Å². The summed E-state index contributed by atoms with van der Waals surface area (Å²) in [6.45, 7) is 0.144. The summed E-state index contributed by atoms with van der Waals surface area (Å²) in [5, 5.41) is 13.9. The van der Waals surface area contributed by atoms with E-state index < -0.39 is 5.95 Å². The number of imidazole rings is 1. The number of aromatic nitrogens is 6. The number of primary amides is 1. The molecule has 0 atom stereocenters. The van der Waals surface area contributed by atoms with E-state index >= 15 is 0 Å². The molecule has 5 aromatic rings. The maximum absolute atomic E-state index is 15.0. The summed E-state index contributed by atoms with van der Waals surface area (Å²) in [7, 11) is 3.48. The van der Waals surface area contributed by atoms with E-state index in [-0.39, 0.29) is 30.2 Å². The smallest absolute Gasteiger partial charge is 0.329 e. The van der Waals surface area contributed by atoms with Crippen molar-refractivity contribution in [1.82, 2.24) is 28.9 Å². The number of nitrogens with two attached hydrogens (primary N) is 1. The van der Waals surface area contributed by atoms with Crippen LogP contribution >= 0.6 is 0 Å². The summed E-state index contributed by atoms with van der Waals surface area (Å²) in [4.78, 5) is 31.5. The van der Waals surface area contributed by atoms with Crippen LogP contribution < -0.4 is 11.4 Å². The fourth-order valence-electron chi connectivity index (χ4n) is 6.09. The number of benzene rings is 1. The van der Waals surface area contributed by atoms with Gasteiger partial charge in [-0.25, -0.2) is 9.78 Å². The Morgan fingerprint density at radius 2 is 1.86 bits per heavy atom. The first kappa shape index (κ1) is 27.9. The number of aryl methyl sites for hydroxylation is 3. The van der Waals surface area contributed by atoms with Crippen LogP contribution in [0.3, 0.4) is 0 Å². The molecule has 10 nitrogen and oxygen atoms in total. The van der Waals surface area contributed by atoms with E-state index in [9.17, 15) is 19.1 Å². The Morgan fingerprint density at radius 3 is 2.43 bits per heavy atom. The number of rotatable bonds is 7. The van der Waals surface area contributed by atoms with E-state index in [2.05, 4.69) is 15.1 Å². The van der Waals surface area contributed by atoms with Crippen LogP contribution in [0.2, 0.25) is 0 Å². The van der Waals surface area contributed by atoms with Gasteiger partial charge in [0, 0.05) is 44.4 Å². The van der Waals surface area contributed by atoms with Crippen LogP contribution in [0.15, 0.2) is 41.5 Å². The lowest BCUT2D eigenvalue weighted by atomic mass is 9.97. The third kappa shape index (κ3) is 5.02. The number of nitrogens with one attached hydrogen (secondary N) is 1. The molecule has 220 valence electrons. The zero-order chi connectivity index (χ0) is 29.5. The van der Waals surface area contributed by atoms with E-state index in [0.717, 1.165) is 78.1 Å². The van der Waals surface area contributed by atoms with Gasteiger partial charge in [-0.2, -0.15) is 4.39 Å². The van der Waals surface area contributed by atoms with Gasteiger partial charge in [-0.05, 0) is 49.7 Å². The van der Waals surface area contributed by atoms with Gasteiger partial charge >= 0.3 is 5.69 Å². The lowest BCUT2D eigenvalue weighted by molar-refractivity contribution is -0.119. The predicted octanol–water partition coefficient (Wildman–Crippen LogP) is 4.34. The molecule has 0 spiro atoms. The van der Waals surface area contributed by atoms with Crippen molar-refractivity contribution in [3.8, 4) is 22.4 Å². The average molecular weight is 574 g/mol. The molecule has 4 aromatic heterocycles. The SMILES string of the molecule is Cn1cc(-c2[nH]c3ncc4c(c3c2-c2ccc(CCCO)cc2)n(C2CCCC2)c(=O)n4C)c(F)n1.NC(=O)C1CC1. The Hall–Kier alpha value is -4.25. The lowest BCUT2D eigenvalue weighted by Gasteiger charge is -2.13. The number of amides is 1. The van der Waals surface area contributed by atoms with Crippen molar-refractivity contribution in [2.24, 2.45) is 25.7 Å². The number of carbonyl (C=O) groups is 1. The Balaban J connectivity index is 0.000000470. The molecule has 7 rings (SSSR count). The Bertz CT molecular complexity index is 1820. The third-order valence-electron chi connectivity index (χ3n) is 8.46. The van der Waals surface area contributed by atoms with E-state index in [0.29, 0.717) is 23.3 Å². The molecule has 0 unspecified atom stereocenters. The van der Waals surface area contributed by atoms with Gasteiger partial charge in [0.15, 0.2) is 0 Å². The average Bonchev–Trinajstić information content (AvgIpc) is 3.28. The Labute approximate surface area is 242 Å². The Morgan fingerprint density at radius 1 is 1.14 bits per heavy atom. The summed E-state index contributed by atoms with van der Waals surface area (Å²) in [5.41, 5.74) is 10.8. The van der Waals surface area contributed by atoms with Gasteiger partial charge < -0.3 is 15.8 Å². The highest BCUT2D eigenvalue weighted by atomic mass is 19.1. The van der Waals surface area contributed by atoms with E-state index in [1.165, 1.54) is 4.68 Å². The number of fused-ring (bicyclic) bond motifs is 3. The van der Waals surface area contributed by atoms with Crippen LogP contribution in [0.4, 0.5) is 4.39 Å². The number of aromatic amines is 1. The maximum atomic E-state index is 15.0. The molecule has 2 fully saturated rings. The largest absolute Gasteiger partial charge is 0.396 e. The number of hydrogen-bond acceptors (Lipinski definition) is 5. The van der Waals surface area contributed by atoms with Gasteiger partial charge in [0.1, 0.15) is 5.65 Å². The molecule has 1 aromatic carbocycles. The monoisotopic (exact) mass is 573 g/mol. The minimum Gasteiger partial charge on any atom is -0.396 e. The zero-order valence-corrected chi connectivity index (χ0v) is 23.9. The first-order valence-electron chi connectivity index (χ1n) is 14.6. The molecule has 0 saturated heterocycles. The minimum absolute atomic E-state index is 0.0493. The number of halogens is 1. The number of aliphatic hydroxyl groups is 1. The van der Waals surface area contributed by atoms with Crippen LogP contribution in [0.1, 0.15) is 56.6 Å². The highest BCUT2D eigenvalue weighted by molar-refractivity contribution is 6.14. The number of carbonyl (C=O) groups excluding carboxylic acids is 1. The van der Waals surface area contributed by atoms with Gasteiger partial charge in [-0.3, -0.25) is 18.6 Å². The van der Waals surface area contributed by atoms with Crippen molar-refractivity contribution in [2.75, 3.05) is 6.61 Å². The van der Waals surface area contributed by atoms with Gasteiger partial charge in [0.25, 0.3) is 0 Å². The number of aliphatic hydroxyl groups excluding tert-OH is 1. The maximum Gasteiger partial charge on any atom is 0.329 e. The third-order valence-corrected chi connectivity index (χ3v) is 8.46. The van der Waals surface area contributed by atoms with Crippen molar-refractivity contribution in [3.05, 3.63) is 58.7 Å². The van der Waals surface area contributed by atoms with Gasteiger partial charge in [0.2, 0.25) is 11.9 Å². The van der Waals surface area contributed by atoms with Gasteiger partial charge in [-0.1, -0.05) is 37.1 Å². The van der Waals surface area contributed by atoms with Crippen LogP contribution in [0.25, 0.3) is 44.5 Å².